The van der Waals surface area contributed by atoms with Crippen LogP contribution in [0, 0.1) is 18.8 Å². The third kappa shape index (κ3) is 5.61. The fraction of sp³-hybridized carbons (Fsp3) is 0.308. The number of amides is 1. The second-order valence-corrected chi connectivity index (χ2v) is 8.22. The van der Waals surface area contributed by atoms with Gasteiger partial charge in [-0.2, -0.15) is 5.10 Å². The van der Waals surface area contributed by atoms with Crippen LogP contribution in [0.3, 0.4) is 0 Å². The van der Waals surface area contributed by atoms with Crippen LogP contribution in [0.25, 0.3) is 11.3 Å². The number of nitrogens with zero attached hydrogens (tertiary/aromatic N) is 2. The van der Waals surface area contributed by atoms with Crippen LogP contribution in [0.1, 0.15) is 36.0 Å². The molecule has 170 valence electrons. The highest BCUT2D eigenvalue weighted by molar-refractivity contribution is 5.94. The number of hydrogen-bond donors (Lipinski definition) is 4. The number of aromatic hydroxyl groups is 1. The molecule has 0 bridgehead atoms. The number of rotatable bonds is 5. The van der Waals surface area contributed by atoms with E-state index in [0.29, 0.717) is 23.4 Å². The zero-order valence-electron chi connectivity index (χ0n) is 18.6. The van der Waals surface area contributed by atoms with Crippen LogP contribution in [-0.4, -0.2) is 45.1 Å². The van der Waals surface area contributed by atoms with E-state index in [0.717, 1.165) is 42.6 Å². The van der Waals surface area contributed by atoms with Gasteiger partial charge < -0.3 is 20.8 Å². The molecule has 7 heteroatoms. The number of phenolic OH excluding ortho intramolecular Hbond substituents is 1. The van der Waals surface area contributed by atoms with Crippen molar-refractivity contribution in [3.05, 3.63) is 65.4 Å². The molecule has 1 aliphatic heterocycles. The van der Waals surface area contributed by atoms with E-state index in [1.54, 1.807) is 16.9 Å². The Morgan fingerprint density at radius 1 is 1.21 bits per heavy atom. The largest absolute Gasteiger partial charge is 0.507 e. The summed E-state index contributed by atoms with van der Waals surface area (Å²) in [6, 6.07) is 12.6. The third-order valence-electron chi connectivity index (χ3n) is 5.62. The van der Waals surface area contributed by atoms with Crippen molar-refractivity contribution < 1.29 is 15.0 Å². The highest BCUT2D eigenvalue weighted by Crippen LogP contribution is 2.31. The summed E-state index contributed by atoms with van der Waals surface area (Å²) < 4.78 is 1.62. The van der Waals surface area contributed by atoms with Crippen molar-refractivity contribution >= 4 is 11.6 Å². The molecule has 1 fully saturated rings. The maximum Gasteiger partial charge on any atom is 0.241 e. The Morgan fingerprint density at radius 2 is 2.03 bits per heavy atom. The standard InChI is InChI=1S/C26H28N4O3/c1-18-5-12-24(32)22(16-18)25-20(17-30(29-25)14-15-31)9-6-19-7-10-21(11-8-19)28-26(33)23-4-2-3-13-27-23/h5,7-8,10-12,16-17,23,27,31-32H,2-4,13-15H2,1H3,(H,28,33). The minimum absolute atomic E-state index is 0.00700. The number of aromatic nitrogens is 2. The zero-order valence-corrected chi connectivity index (χ0v) is 18.6. The minimum Gasteiger partial charge on any atom is -0.507 e. The number of carbonyl (C=O) groups excluding carboxylic acids is 1. The highest BCUT2D eigenvalue weighted by atomic mass is 16.3. The lowest BCUT2D eigenvalue weighted by atomic mass is 10.0. The molecule has 4 rings (SSSR count). The summed E-state index contributed by atoms with van der Waals surface area (Å²) in [7, 11) is 0. The van der Waals surface area contributed by atoms with E-state index in [-0.39, 0.29) is 24.3 Å². The van der Waals surface area contributed by atoms with Crippen LogP contribution in [0.4, 0.5) is 5.69 Å². The first-order valence-electron chi connectivity index (χ1n) is 11.2. The summed E-state index contributed by atoms with van der Waals surface area (Å²) in [5.41, 5.74) is 4.35. The Kier molecular flexibility index (Phi) is 7.08. The molecular formula is C26H28N4O3. The lowest BCUT2D eigenvalue weighted by Gasteiger charge is -2.22. The molecule has 3 aromatic rings. The van der Waals surface area contributed by atoms with Crippen LogP contribution < -0.4 is 10.6 Å². The lowest BCUT2D eigenvalue weighted by molar-refractivity contribution is -0.118. The molecule has 2 heterocycles. The van der Waals surface area contributed by atoms with Gasteiger partial charge in [-0.3, -0.25) is 9.48 Å². The van der Waals surface area contributed by atoms with Crippen LogP contribution in [0.5, 0.6) is 5.75 Å². The van der Waals surface area contributed by atoms with Crippen LogP contribution in [0.15, 0.2) is 48.7 Å². The zero-order chi connectivity index (χ0) is 23.2. The second kappa shape index (κ2) is 10.3. The van der Waals surface area contributed by atoms with Crippen molar-refractivity contribution in [1.82, 2.24) is 15.1 Å². The Morgan fingerprint density at radius 3 is 2.76 bits per heavy atom. The van der Waals surface area contributed by atoms with E-state index in [1.807, 2.05) is 43.3 Å². The van der Waals surface area contributed by atoms with E-state index in [1.165, 1.54) is 0 Å². The first-order valence-corrected chi connectivity index (χ1v) is 11.2. The summed E-state index contributed by atoms with van der Waals surface area (Å²) in [6.45, 7) is 3.12. The maximum absolute atomic E-state index is 12.4. The molecular weight excluding hydrogens is 416 g/mol. The van der Waals surface area contributed by atoms with Gasteiger partial charge >= 0.3 is 0 Å². The number of carbonyl (C=O) groups is 1. The molecule has 1 amide bonds. The number of piperidine rings is 1. The van der Waals surface area contributed by atoms with Crippen LogP contribution >= 0.6 is 0 Å². The molecule has 1 saturated heterocycles. The lowest BCUT2D eigenvalue weighted by Crippen LogP contribution is -2.43. The molecule has 2 aromatic carbocycles. The number of nitrogens with one attached hydrogen (secondary N) is 2. The topological polar surface area (TPSA) is 99.4 Å². The molecule has 0 spiro atoms. The molecule has 7 nitrogen and oxygen atoms in total. The second-order valence-electron chi connectivity index (χ2n) is 8.22. The number of aliphatic hydroxyl groups is 1. The van der Waals surface area contributed by atoms with Gasteiger partial charge in [-0.1, -0.05) is 29.9 Å². The van der Waals surface area contributed by atoms with Crippen molar-refractivity contribution in [2.45, 2.75) is 38.8 Å². The highest BCUT2D eigenvalue weighted by Gasteiger charge is 2.20. The Balaban J connectivity index is 1.54. The van der Waals surface area contributed by atoms with Gasteiger partial charge in [0.1, 0.15) is 11.4 Å². The van der Waals surface area contributed by atoms with Gasteiger partial charge in [0.25, 0.3) is 0 Å². The molecule has 1 atom stereocenters. The third-order valence-corrected chi connectivity index (χ3v) is 5.62. The van der Waals surface area contributed by atoms with Gasteiger partial charge in [0, 0.05) is 23.0 Å². The number of aliphatic hydroxyl groups excluding tert-OH is 1. The van der Waals surface area contributed by atoms with Gasteiger partial charge in [0.15, 0.2) is 0 Å². The molecule has 0 aliphatic carbocycles. The first kappa shape index (κ1) is 22.6. The van der Waals surface area contributed by atoms with Crippen LogP contribution in [0.2, 0.25) is 0 Å². The summed E-state index contributed by atoms with van der Waals surface area (Å²) in [5, 5.41) is 30.4. The summed E-state index contributed by atoms with van der Waals surface area (Å²) in [5.74, 6) is 6.40. The summed E-state index contributed by atoms with van der Waals surface area (Å²) in [4.78, 5) is 12.4. The fourth-order valence-electron chi connectivity index (χ4n) is 3.85. The monoisotopic (exact) mass is 444 g/mol. The first-order chi connectivity index (χ1) is 16.0. The molecule has 1 unspecified atom stereocenters. The Labute approximate surface area is 193 Å². The number of benzene rings is 2. The molecule has 4 N–H and O–H groups in total. The van der Waals surface area contributed by atoms with Crippen molar-refractivity contribution in [2.24, 2.45) is 0 Å². The number of aryl methyl sites for hydroxylation is 1. The van der Waals surface area contributed by atoms with Crippen molar-refractivity contribution in [3.8, 4) is 28.8 Å². The van der Waals surface area contributed by atoms with Crippen molar-refractivity contribution in [1.29, 1.82) is 0 Å². The van der Waals surface area contributed by atoms with Gasteiger partial charge in [0.2, 0.25) is 5.91 Å². The normalized spacial score (nSPS) is 15.5. The quantitative estimate of drug-likeness (QED) is 0.454. The van der Waals surface area contributed by atoms with Crippen molar-refractivity contribution in [2.75, 3.05) is 18.5 Å². The van der Waals surface area contributed by atoms with E-state index in [4.69, 9.17) is 0 Å². The Bertz CT molecular complexity index is 1180. The van der Waals surface area contributed by atoms with Crippen LogP contribution in [-0.2, 0) is 11.3 Å². The van der Waals surface area contributed by atoms with E-state index in [9.17, 15) is 15.0 Å². The number of anilines is 1. The maximum atomic E-state index is 12.4. The molecule has 33 heavy (non-hydrogen) atoms. The summed E-state index contributed by atoms with van der Waals surface area (Å²) >= 11 is 0. The summed E-state index contributed by atoms with van der Waals surface area (Å²) in [6.07, 6.45) is 4.81. The predicted octanol–water partition coefficient (Wildman–Crippen LogP) is 3.04. The molecule has 1 aliphatic rings. The predicted molar refractivity (Wildman–Crippen MR) is 128 cm³/mol. The van der Waals surface area contributed by atoms with Gasteiger partial charge in [-0.25, -0.2) is 0 Å². The SMILES string of the molecule is Cc1ccc(O)c(-c2nn(CCO)cc2C#Cc2ccc(NC(=O)C3CCCCN3)cc2)c1. The average Bonchev–Trinajstić information content (AvgIpc) is 3.23. The minimum atomic E-state index is -0.134. The molecule has 0 radical (unpaired) electrons. The van der Waals surface area contributed by atoms with Crippen molar-refractivity contribution in [3.63, 3.8) is 0 Å². The smallest absolute Gasteiger partial charge is 0.241 e. The van der Waals surface area contributed by atoms with E-state index >= 15 is 0 Å². The number of hydrogen-bond acceptors (Lipinski definition) is 5. The van der Waals surface area contributed by atoms with Gasteiger partial charge in [0.05, 0.1) is 24.8 Å². The number of phenols is 1. The van der Waals surface area contributed by atoms with E-state index in [2.05, 4.69) is 27.6 Å². The Hall–Kier alpha value is -3.60. The molecule has 1 aromatic heterocycles. The van der Waals surface area contributed by atoms with Gasteiger partial charge in [-0.15, -0.1) is 0 Å². The van der Waals surface area contributed by atoms with Gasteiger partial charge in [-0.05, 0) is 62.7 Å². The molecule has 0 saturated carbocycles. The average molecular weight is 445 g/mol. The fourth-order valence-corrected chi connectivity index (χ4v) is 3.85. The van der Waals surface area contributed by atoms with E-state index < -0.39 is 0 Å².